The summed E-state index contributed by atoms with van der Waals surface area (Å²) in [4.78, 5) is 12.4. The first kappa shape index (κ1) is 12.9. The van der Waals surface area contributed by atoms with E-state index in [1.165, 1.54) is 0 Å². The molecule has 0 saturated carbocycles. The highest BCUT2D eigenvalue weighted by Crippen LogP contribution is 1.96. The first-order valence-corrected chi connectivity index (χ1v) is 4.44. The van der Waals surface area contributed by atoms with E-state index < -0.39 is 5.97 Å². The average molecular weight is 253 g/mol. The van der Waals surface area contributed by atoms with Crippen LogP contribution in [-0.4, -0.2) is 48.7 Å². The lowest BCUT2D eigenvalue weighted by Crippen LogP contribution is -2.36. The molecule has 0 unspecified atom stereocenters. The number of carbonyl (C=O) groups is 1. The molecule has 5 heteroatoms. The molecule has 78 valence electrons. The number of nitrogens with one attached hydrogen (secondary N) is 1. The van der Waals surface area contributed by atoms with Gasteiger partial charge in [-0.1, -0.05) is 0 Å². The summed E-state index contributed by atoms with van der Waals surface area (Å²) in [5.74, 6) is -0.719. The lowest BCUT2D eigenvalue weighted by molar-refractivity contribution is -0.138. The van der Waals surface area contributed by atoms with Gasteiger partial charge in [-0.2, -0.15) is 0 Å². The largest absolute Gasteiger partial charge is 0.480 e. The van der Waals surface area contributed by atoms with E-state index in [-0.39, 0.29) is 23.5 Å². The molecule has 0 aromatic carbocycles. The fraction of sp³-hybridized carbons (Fsp3) is 0.875. The van der Waals surface area contributed by atoms with Gasteiger partial charge in [0, 0.05) is 0 Å². The van der Waals surface area contributed by atoms with Gasteiger partial charge >= 0.3 is 5.97 Å². The Morgan fingerprint density at radius 3 is 2.31 bits per heavy atom. The van der Waals surface area contributed by atoms with Crippen molar-refractivity contribution in [3.63, 3.8) is 0 Å². The molecule has 2 N–H and O–H groups in total. The quantitative estimate of drug-likeness (QED) is 0.745. The molecule has 4 nitrogen and oxygen atoms in total. The molecule has 0 aliphatic carbocycles. The minimum absolute atomic E-state index is 0. The fourth-order valence-electron chi connectivity index (χ4n) is 1.44. The maximum absolute atomic E-state index is 10.4. The number of carboxylic acids is 1. The molecule has 0 atom stereocenters. The second kappa shape index (κ2) is 7.29. The van der Waals surface area contributed by atoms with Gasteiger partial charge < -0.3 is 10.4 Å². The van der Waals surface area contributed by atoms with Gasteiger partial charge in [0.05, 0.1) is 6.54 Å². The molecule has 0 radical (unpaired) electrons. The molecule has 1 heterocycles. The van der Waals surface area contributed by atoms with E-state index in [0.29, 0.717) is 0 Å². The summed E-state index contributed by atoms with van der Waals surface area (Å²) in [6.07, 6.45) is 2.10. The van der Waals surface area contributed by atoms with E-state index in [4.69, 9.17) is 5.11 Å². The summed E-state index contributed by atoms with van der Waals surface area (Å²) < 4.78 is 0. The SMILES string of the molecule is Br.O=C(O)CN1CCCNCCC1. The van der Waals surface area contributed by atoms with Gasteiger partial charge in [0.25, 0.3) is 0 Å². The molecule has 1 saturated heterocycles. The van der Waals surface area contributed by atoms with Crippen molar-refractivity contribution in [2.75, 3.05) is 32.7 Å². The van der Waals surface area contributed by atoms with Crippen LogP contribution in [0.5, 0.6) is 0 Å². The van der Waals surface area contributed by atoms with Crippen molar-refractivity contribution >= 4 is 23.0 Å². The summed E-state index contributed by atoms with van der Waals surface area (Å²) in [6.45, 7) is 4.02. The smallest absolute Gasteiger partial charge is 0.317 e. The van der Waals surface area contributed by atoms with Crippen LogP contribution in [0.3, 0.4) is 0 Å². The van der Waals surface area contributed by atoms with Crippen LogP contribution in [0.2, 0.25) is 0 Å². The van der Waals surface area contributed by atoms with E-state index in [0.717, 1.165) is 39.0 Å². The van der Waals surface area contributed by atoms with Crippen LogP contribution in [0.1, 0.15) is 12.8 Å². The van der Waals surface area contributed by atoms with Crippen LogP contribution in [0.25, 0.3) is 0 Å². The zero-order valence-electron chi connectivity index (χ0n) is 7.66. The van der Waals surface area contributed by atoms with Gasteiger partial charge in [0.2, 0.25) is 0 Å². The molecule has 0 bridgehead atoms. The maximum atomic E-state index is 10.4. The minimum atomic E-state index is -0.719. The monoisotopic (exact) mass is 252 g/mol. The number of rotatable bonds is 2. The molecular weight excluding hydrogens is 236 g/mol. The minimum Gasteiger partial charge on any atom is -0.480 e. The van der Waals surface area contributed by atoms with Gasteiger partial charge in [0.15, 0.2) is 0 Å². The van der Waals surface area contributed by atoms with Gasteiger partial charge in [-0.3, -0.25) is 9.69 Å². The third-order valence-corrected chi connectivity index (χ3v) is 2.01. The van der Waals surface area contributed by atoms with Crippen LogP contribution in [0, 0.1) is 0 Å². The Bertz CT molecular complexity index is 147. The highest BCUT2D eigenvalue weighted by atomic mass is 79.9. The van der Waals surface area contributed by atoms with Crippen molar-refractivity contribution < 1.29 is 9.90 Å². The molecule has 0 amide bonds. The standard InChI is InChI=1S/C8H16N2O2.BrH/c11-8(12)7-10-5-1-3-9-4-2-6-10;/h9H,1-7H2,(H,11,12);1H. The predicted octanol–water partition coefficient (Wildman–Crippen LogP) is 0.334. The Kier molecular flexibility index (Phi) is 7.22. The zero-order chi connectivity index (χ0) is 8.81. The lowest BCUT2D eigenvalue weighted by Gasteiger charge is -2.22. The topological polar surface area (TPSA) is 52.6 Å². The highest BCUT2D eigenvalue weighted by molar-refractivity contribution is 8.93. The number of carboxylic acid groups (broad SMARTS) is 1. The number of hydrogen-bond acceptors (Lipinski definition) is 3. The van der Waals surface area contributed by atoms with Crippen molar-refractivity contribution in [3.8, 4) is 0 Å². The zero-order valence-corrected chi connectivity index (χ0v) is 9.37. The van der Waals surface area contributed by atoms with Crippen LogP contribution in [0.15, 0.2) is 0 Å². The second-order valence-corrected chi connectivity index (χ2v) is 3.13. The molecule has 0 aromatic heterocycles. The molecule has 1 aliphatic rings. The Balaban J connectivity index is 0.00000144. The maximum Gasteiger partial charge on any atom is 0.317 e. The summed E-state index contributed by atoms with van der Waals surface area (Å²) in [5, 5.41) is 11.9. The molecule has 0 aromatic rings. The molecule has 1 rings (SSSR count). The van der Waals surface area contributed by atoms with Gasteiger partial charge in [-0.25, -0.2) is 0 Å². The van der Waals surface area contributed by atoms with Crippen molar-refractivity contribution in [3.05, 3.63) is 0 Å². The van der Waals surface area contributed by atoms with Crippen molar-refractivity contribution in [1.82, 2.24) is 10.2 Å². The Hall–Kier alpha value is -0.130. The predicted molar refractivity (Wildman–Crippen MR) is 56.5 cm³/mol. The molecule has 13 heavy (non-hydrogen) atoms. The number of nitrogens with zero attached hydrogens (tertiary/aromatic N) is 1. The van der Waals surface area contributed by atoms with Gasteiger partial charge in [-0.15, -0.1) is 17.0 Å². The van der Waals surface area contributed by atoms with E-state index in [2.05, 4.69) is 5.32 Å². The lowest BCUT2D eigenvalue weighted by atomic mass is 10.3. The third-order valence-electron chi connectivity index (χ3n) is 2.01. The van der Waals surface area contributed by atoms with Gasteiger partial charge in [0.1, 0.15) is 0 Å². The van der Waals surface area contributed by atoms with E-state index in [1.54, 1.807) is 0 Å². The Labute approximate surface area is 89.1 Å². The summed E-state index contributed by atoms with van der Waals surface area (Å²) in [6, 6.07) is 0. The van der Waals surface area contributed by atoms with E-state index >= 15 is 0 Å². The van der Waals surface area contributed by atoms with Gasteiger partial charge in [-0.05, 0) is 39.0 Å². The first-order chi connectivity index (χ1) is 5.79. The van der Waals surface area contributed by atoms with Crippen molar-refractivity contribution in [2.24, 2.45) is 0 Å². The van der Waals surface area contributed by atoms with Crippen LogP contribution >= 0.6 is 17.0 Å². The van der Waals surface area contributed by atoms with E-state index in [1.807, 2.05) is 4.90 Å². The summed E-state index contributed by atoms with van der Waals surface area (Å²) in [7, 11) is 0. The summed E-state index contributed by atoms with van der Waals surface area (Å²) in [5.41, 5.74) is 0. The van der Waals surface area contributed by atoms with Crippen LogP contribution < -0.4 is 5.32 Å². The second-order valence-electron chi connectivity index (χ2n) is 3.13. The Morgan fingerprint density at radius 1 is 1.31 bits per heavy atom. The van der Waals surface area contributed by atoms with Crippen LogP contribution in [0.4, 0.5) is 0 Å². The molecule has 0 spiro atoms. The summed E-state index contributed by atoms with van der Waals surface area (Å²) >= 11 is 0. The fourth-order valence-corrected chi connectivity index (χ4v) is 1.44. The Morgan fingerprint density at radius 2 is 1.85 bits per heavy atom. The highest BCUT2D eigenvalue weighted by Gasteiger charge is 2.10. The molecule has 1 aliphatic heterocycles. The molecular formula is C8H17BrN2O2. The van der Waals surface area contributed by atoms with Crippen molar-refractivity contribution in [2.45, 2.75) is 12.8 Å². The number of aliphatic carboxylic acids is 1. The number of hydrogen-bond donors (Lipinski definition) is 2. The normalized spacial score (nSPS) is 19.7. The first-order valence-electron chi connectivity index (χ1n) is 4.44. The molecule has 1 fully saturated rings. The number of halogens is 1. The van der Waals surface area contributed by atoms with E-state index in [9.17, 15) is 4.79 Å². The van der Waals surface area contributed by atoms with Crippen molar-refractivity contribution in [1.29, 1.82) is 0 Å². The van der Waals surface area contributed by atoms with Crippen LogP contribution in [-0.2, 0) is 4.79 Å². The average Bonchev–Trinajstić information content (AvgIpc) is 1.93. The third kappa shape index (κ3) is 6.01.